The van der Waals surface area contributed by atoms with Crippen LogP contribution >= 0.6 is 15.9 Å². The number of halogens is 2. The highest BCUT2D eigenvalue weighted by atomic mass is 79.9. The van der Waals surface area contributed by atoms with Gasteiger partial charge in [-0.1, -0.05) is 15.9 Å². The summed E-state index contributed by atoms with van der Waals surface area (Å²) in [6, 6.07) is 8.18. The summed E-state index contributed by atoms with van der Waals surface area (Å²) in [6.45, 7) is 0. The molecule has 1 aliphatic heterocycles. The van der Waals surface area contributed by atoms with Gasteiger partial charge in [-0.15, -0.1) is 0 Å². The van der Waals surface area contributed by atoms with Crippen molar-refractivity contribution in [2.75, 3.05) is 19.5 Å². The van der Waals surface area contributed by atoms with Crippen molar-refractivity contribution >= 4 is 27.5 Å². The van der Waals surface area contributed by atoms with E-state index in [0.717, 1.165) is 10.0 Å². The Kier molecular flexibility index (Phi) is 4.26. The van der Waals surface area contributed by atoms with Gasteiger partial charge in [-0.3, -0.25) is 4.79 Å². The summed E-state index contributed by atoms with van der Waals surface area (Å²) >= 11 is 3.36. The molecule has 1 unspecified atom stereocenters. The summed E-state index contributed by atoms with van der Waals surface area (Å²) in [5.74, 6) is 0.186. The fourth-order valence-corrected chi connectivity index (χ4v) is 3.27. The SMILES string of the molecule is COc1cc2c(c(OC)c1)C(c1cc(Br)ccc1F)CC(=O)N2. The molecular formula is C17H15BrFNO3. The third-order valence-corrected chi connectivity index (χ3v) is 4.41. The number of fused-ring (bicyclic) bond motifs is 1. The Bertz CT molecular complexity index is 779. The van der Waals surface area contributed by atoms with E-state index in [2.05, 4.69) is 21.2 Å². The minimum atomic E-state index is -0.419. The molecule has 0 saturated heterocycles. The molecule has 0 radical (unpaired) electrons. The van der Waals surface area contributed by atoms with Crippen LogP contribution in [0.4, 0.5) is 10.1 Å². The van der Waals surface area contributed by atoms with Crippen molar-refractivity contribution < 1.29 is 18.7 Å². The van der Waals surface area contributed by atoms with E-state index in [-0.39, 0.29) is 18.1 Å². The van der Waals surface area contributed by atoms with Crippen molar-refractivity contribution in [3.63, 3.8) is 0 Å². The molecule has 6 heteroatoms. The number of amides is 1. The molecular weight excluding hydrogens is 365 g/mol. The number of benzene rings is 2. The number of rotatable bonds is 3. The summed E-state index contributed by atoms with van der Waals surface area (Å²) in [6.07, 6.45) is 0.156. The molecule has 3 rings (SSSR count). The highest BCUT2D eigenvalue weighted by molar-refractivity contribution is 9.10. The first-order valence-electron chi connectivity index (χ1n) is 7.04. The number of anilines is 1. The summed E-state index contributed by atoms with van der Waals surface area (Å²) in [7, 11) is 3.08. The minimum absolute atomic E-state index is 0.156. The van der Waals surface area contributed by atoms with Crippen molar-refractivity contribution in [2.24, 2.45) is 0 Å². The molecule has 1 N–H and O–H groups in total. The van der Waals surface area contributed by atoms with Crippen LogP contribution in [0.2, 0.25) is 0 Å². The number of methoxy groups -OCH3 is 2. The Hall–Kier alpha value is -2.08. The molecule has 120 valence electrons. The molecule has 0 aliphatic carbocycles. The molecule has 1 aliphatic rings. The fourth-order valence-electron chi connectivity index (χ4n) is 2.89. The van der Waals surface area contributed by atoms with Gasteiger partial charge in [0.15, 0.2) is 0 Å². The van der Waals surface area contributed by atoms with Crippen LogP contribution in [-0.2, 0) is 4.79 Å². The molecule has 0 saturated carbocycles. The van der Waals surface area contributed by atoms with E-state index >= 15 is 0 Å². The third-order valence-electron chi connectivity index (χ3n) is 3.92. The van der Waals surface area contributed by atoms with Gasteiger partial charge in [0.05, 0.1) is 19.9 Å². The Morgan fingerprint density at radius 1 is 1.22 bits per heavy atom. The van der Waals surface area contributed by atoms with Gasteiger partial charge in [0.25, 0.3) is 0 Å². The fraction of sp³-hybridized carbons (Fsp3) is 0.235. The maximum atomic E-state index is 14.3. The standard InChI is InChI=1S/C17H15BrFNO3/c1-22-10-6-14-17(15(7-10)23-2)12(8-16(21)20-14)11-5-9(18)3-4-13(11)19/h3-7,12H,8H2,1-2H3,(H,20,21). The van der Waals surface area contributed by atoms with E-state index in [1.165, 1.54) is 13.2 Å². The first-order chi connectivity index (χ1) is 11.0. The molecule has 1 heterocycles. The zero-order chi connectivity index (χ0) is 16.6. The van der Waals surface area contributed by atoms with Crippen molar-refractivity contribution in [1.82, 2.24) is 0 Å². The van der Waals surface area contributed by atoms with Crippen molar-refractivity contribution in [3.8, 4) is 11.5 Å². The quantitative estimate of drug-likeness (QED) is 0.873. The van der Waals surface area contributed by atoms with Crippen LogP contribution in [0.15, 0.2) is 34.8 Å². The summed E-state index contributed by atoms with van der Waals surface area (Å²) in [4.78, 5) is 12.1. The van der Waals surface area contributed by atoms with Crippen LogP contribution in [0.3, 0.4) is 0 Å². The minimum Gasteiger partial charge on any atom is -0.497 e. The molecule has 2 aromatic carbocycles. The molecule has 23 heavy (non-hydrogen) atoms. The molecule has 1 atom stereocenters. The Morgan fingerprint density at radius 2 is 2.00 bits per heavy atom. The van der Waals surface area contributed by atoms with Gasteiger partial charge >= 0.3 is 0 Å². The Balaban J connectivity index is 2.22. The van der Waals surface area contributed by atoms with Gasteiger partial charge in [0.1, 0.15) is 17.3 Å². The highest BCUT2D eigenvalue weighted by Gasteiger charge is 2.32. The molecule has 0 fully saturated rings. The number of ether oxygens (including phenoxy) is 2. The normalized spacial score (nSPS) is 16.5. The van der Waals surface area contributed by atoms with Crippen molar-refractivity contribution in [2.45, 2.75) is 12.3 Å². The van der Waals surface area contributed by atoms with Crippen molar-refractivity contribution in [3.05, 3.63) is 51.7 Å². The topological polar surface area (TPSA) is 47.6 Å². The maximum Gasteiger partial charge on any atom is 0.225 e. The lowest BCUT2D eigenvalue weighted by Crippen LogP contribution is -2.24. The highest BCUT2D eigenvalue weighted by Crippen LogP contribution is 2.45. The molecule has 0 aromatic heterocycles. The first kappa shape index (κ1) is 15.8. The first-order valence-corrected chi connectivity index (χ1v) is 7.83. The lowest BCUT2D eigenvalue weighted by molar-refractivity contribution is -0.116. The van der Waals surface area contributed by atoms with Gasteiger partial charge in [0, 0.05) is 34.5 Å². The number of hydrogen-bond acceptors (Lipinski definition) is 3. The van der Waals surface area contributed by atoms with Crippen LogP contribution < -0.4 is 14.8 Å². The van der Waals surface area contributed by atoms with E-state index < -0.39 is 5.92 Å². The summed E-state index contributed by atoms with van der Waals surface area (Å²) in [5, 5.41) is 2.81. The van der Waals surface area contributed by atoms with Crippen LogP contribution in [-0.4, -0.2) is 20.1 Å². The number of carbonyl (C=O) groups excluding carboxylic acids is 1. The second-order valence-corrected chi connectivity index (χ2v) is 6.18. The van der Waals surface area contributed by atoms with Crippen LogP contribution in [0.5, 0.6) is 11.5 Å². The summed E-state index contributed by atoms with van der Waals surface area (Å²) < 4.78 is 25.8. The van der Waals surface area contributed by atoms with Crippen LogP contribution in [0, 0.1) is 5.82 Å². The van der Waals surface area contributed by atoms with Gasteiger partial charge in [-0.2, -0.15) is 0 Å². The van der Waals surface area contributed by atoms with Gasteiger partial charge in [-0.05, 0) is 23.8 Å². The largest absolute Gasteiger partial charge is 0.497 e. The zero-order valence-electron chi connectivity index (χ0n) is 12.7. The van der Waals surface area contributed by atoms with E-state index in [0.29, 0.717) is 22.7 Å². The molecule has 1 amide bonds. The van der Waals surface area contributed by atoms with E-state index in [1.54, 1.807) is 31.4 Å². The third kappa shape index (κ3) is 2.91. The molecule has 0 bridgehead atoms. The second-order valence-electron chi connectivity index (χ2n) is 5.26. The number of carbonyl (C=O) groups is 1. The van der Waals surface area contributed by atoms with Crippen LogP contribution in [0.25, 0.3) is 0 Å². The maximum absolute atomic E-state index is 14.3. The van der Waals surface area contributed by atoms with E-state index in [4.69, 9.17) is 9.47 Å². The second kappa shape index (κ2) is 6.20. The molecule has 4 nitrogen and oxygen atoms in total. The average molecular weight is 380 g/mol. The number of nitrogens with one attached hydrogen (secondary N) is 1. The molecule has 2 aromatic rings. The smallest absolute Gasteiger partial charge is 0.225 e. The van der Waals surface area contributed by atoms with Gasteiger partial charge in [-0.25, -0.2) is 4.39 Å². The van der Waals surface area contributed by atoms with Crippen LogP contribution in [0.1, 0.15) is 23.5 Å². The van der Waals surface area contributed by atoms with Gasteiger partial charge in [0.2, 0.25) is 5.91 Å². The predicted molar refractivity (Wildman–Crippen MR) is 88.7 cm³/mol. The lowest BCUT2D eigenvalue weighted by Gasteiger charge is -2.28. The zero-order valence-corrected chi connectivity index (χ0v) is 14.2. The Morgan fingerprint density at radius 3 is 2.70 bits per heavy atom. The summed E-state index contributed by atoms with van der Waals surface area (Å²) in [5.41, 5.74) is 1.80. The van der Waals surface area contributed by atoms with Crippen molar-refractivity contribution in [1.29, 1.82) is 0 Å². The lowest BCUT2D eigenvalue weighted by atomic mass is 9.84. The predicted octanol–water partition coefficient (Wildman–Crippen LogP) is 4.08. The van der Waals surface area contributed by atoms with E-state index in [9.17, 15) is 9.18 Å². The Labute approximate surface area is 141 Å². The number of hydrogen-bond donors (Lipinski definition) is 1. The molecule has 0 spiro atoms. The monoisotopic (exact) mass is 379 g/mol. The van der Waals surface area contributed by atoms with E-state index in [1.807, 2.05) is 0 Å². The average Bonchev–Trinajstić information content (AvgIpc) is 2.54. The van der Waals surface area contributed by atoms with Gasteiger partial charge < -0.3 is 14.8 Å².